The lowest BCUT2D eigenvalue weighted by Crippen LogP contribution is -2.42. The number of carbonyl (C=O) groups excluding carboxylic acids is 1. The van der Waals surface area contributed by atoms with Crippen molar-refractivity contribution in [2.24, 2.45) is 0 Å². The number of carbonyl (C=O) groups is 1. The maximum Gasteiger partial charge on any atom is 0.194 e. The predicted molar refractivity (Wildman–Crippen MR) is 106 cm³/mol. The van der Waals surface area contributed by atoms with E-state index in [9.17, 15) is 22.0 Å². The zero-order chi connectivity index (χ0) is 20.6. The third kappa shape index (κ3) is 4.23. The van der Waals surface area contributed by atoms with Crippen molar-refractivity contribution in [2.75, 3.05) is 37.7 Å². The topological polar surface area (TPSA) is 63.7 Å². The molecule has 2 aromatic carbocycles. The normalized spacial score (nSPS) is 18.4. The van der Waals surface area contributed by atoms with Crippen LogP contribution < -0.4 is 4.74 Å². The average molecular weight is 419 g/mol. The number of allylic oxidation sites excluding steroid dienone is 1. The lowest BCUT2D eigenvalue weighted by atomic mass is 10.0. The summed E-state index contributed by atoms with van der Waals surface area (Å²) in [5.74, 6) is -0.980. The second kappa shape index (κ2) is 7.68. The minimum Gasteiger partial charge on any atom is -0.492 e. The average Bonchev–Trinajstić information content (AvgIpc) is 2.99. The van der Waals surface area contributed by atoms with Crippen LogP contribution in [0.5, 0.6) is 5.75 Å². The van der Waals surface area contributed by atoms with Gasteiger partial charge in [-0.15, -0.1) is 0 Å². The van der Waals surface area contributed by atoms with Crippen molar-refractivity contribution in [1.29, 1.82) is 0 Å². The van der Waals surface area contributed by atoms with E-state index < -0.39 is 21.5 Å². The van der Waals surface area contributed by atoms with Crippen molar-refractivity contribution in [3.05, 3.63) is 64.7 Å². The molecule has 1 aliphatic carbocycles. The molecule has 0 unspecified atom stereocenters. The fourth-order valence-corrected chi connectivity index (χ4v) is 4.77. The molecule has 0 amide bonds. The van der Waals surface area contributed by atoms with Gasteiger partial charge < -0.3 is 4.74 Å². The summed E-state index contributed by atoms with van der Waals surface area (Å²) in [6.45, 7) is 1.93. The van der Waals surface area contributed by atoms with Crippen LogP contribution in [-0.4, -0.2) is 56.8 Å². The number of benzene rings is 2. The molecule has 1 saturated heterocycles. The maximum absolute atomic E-state index is 14.1. The first-order valence-corrected chi connectivity index (χ1v) is 11.1. The van der Waals surface area contributed by atoms with Crippen molar-refractivity contribution in [2.45, 2.75) is 0 Å². The Balaban J connectivity index is 1.40. The molecule has 4 rings (SSSR count). The molecular weight excluding hydrogens is 400 g/mol. The first kappa shape index (κ1) is 19.7. The van der Waals surface area contributed by atoms with Gasteiger partial charge >= 0.3 is 0 Å². The zero-order valence-corrected chi connectivity index (χ0v) is 16.3. The second-order valence-electron chi connectivity index (χ2n) is 7.10. The van der Waals surface area contributed by atoms with Crippen molar-refractivity contribution in [1.82, 2.24) is 4.90 Å². The van der Waals surface area contributed by atoms with Crippen LogP contribution in [0.4, 0.5) is 8.78 Å². The van der Waals surface area contributed by atoms with Gasteiger partial charge in [0.1, 0.15) is 24.0 Å². The van der Waals surface area contributed by atoms with Crippen LogP contribution in [-0.2, 0) is 9.84 Å². The summed E-state index contributed by atoms with van der Waals surface area (Å²) in [5, 5.41) is 0. The standard InChI is InChI=1S/C21H19F2NO4S/c22-15-2-4-17(20(23)12-15)19-11-14-1-3-16(13-18(14)21(19)25)28-8-5-24-6-9-29(26,27)10-7-24/h1-4,11-13H,5-10H2. The molecule has 5 nitrogen and oxygen atoms in total. The number of ether oxygens (including phenoxy) is 1. The summed E-state index contributed by atoms with van der Waals surface area (Å²) in [4.78, 5) is 14.7. The van der Waals surface area contributed by atoms with Crippen LogP contribution in [0, 0.1) is 11.6 Å². The van der Waals surface area contributed by atoms with E-state index in [-0.39, 0.29) is 28.4 Å². The predicted octanol–water partition coefficient (Wildman–Crippen LogP) is 2.81. The summed E-state index contributed by atoms with van der Waals surface area (Å²) in [5.41, 5.74) is 1.31. The largest absolute Gasteiger partial charge is 0.492 e. The van der Waals surface area contributed by atoms with Crippen LogP contribution >= 0.6 is 0 Å². The molecule has 152 valence electrons. The summed E-state index contributed by atoms with van der Waals surface area (Å²) >= 11 is 0. The first-order valence-electron chi connectivity index (χ1n) is 9.24. The molecule has 2 aromatic rings. The second-order valence-corrected chi connectivity index (χ2v) is 9.41. The molecule has 0 atom stereocenters. The molecule has 0 aromatic heterocycles. The Bertz CT molecular complexity index is 1100. The Labute approximate surface area is 167 Å². The fraction of sp³-hybridized carbons (Fsp3) is 0.286. The summed E-state index contributed by atoms with van der Waals surface area (Å²) in [6.07, 6.45) is 1.59. The fourth-order valence-electron chi connectivity index (χ4n) is 3.49. The van der Waals surface area contributed by atoms with Gasteiger partial charge in [0.15, 0.2) is 15.6 Å². The van der Waals surface area contributed by atoms with Crippen molar-refractivity contribution < 1.29 is 26.7 Å². The summed E-state index contributed by atoms with van der Waals surface area (Å²) in [6, 6.07) is 8.21. The van der Waals surface area contributed by atoms with Gasteiger partial charge in [-0.05, 0) is 35.9 Å². The van der Waals surface area contributed by atoms with Crippen molar-refractivity contribution in [3.63, 3.8) is 0 Å². The molecule has 0 radical (unpaired) electrons. The van der Waals surface area contributed by atoms with Gasteiger partial charge in [0.05, 0.1) is 11.5 Å². The molecule has 1 heterocycles. The number of rotatable bonds is 5. The van der Waals surface area contributed by atoms with Gasteiger partial charge in [-0.1, -0.05) is 6.07 Å². The number of halogens is 2. The minimum absolute atomic E-state index is 0.0649. The van der Waals surface area contributed by atoms with E-state index >= 15 is 0 Å². The van der Waals surface area contributed by atoms with Gasteiger partial charge in [0.2, 0.25) is 0 Å². The number of ketones is 1. The van der Waals surface area contributed by atoms with E-state index in [0.29, 0.717) is 43.1 Å². The lowest BCUT2D eigenvalue weighted by Gasteiger charge is -2.26. The van der Waals surface area contributed by atoms with E-state index in [1.807, 2.05) is 4.90 Å². The first-order chi connectivity index (χ1) is 13.8. The SMILES string of the molecule is O=C1C(c2ccc(F)cc2F)=Cc2ccc(OCCN3CCS(=O)(=O)CC3)cc21. The summed E-state index contributed by atoms with van der Waals surface area (Å²) < 4.78 is 55.9. The number of fused-ring (bicyclic) bond motifs is 1. The third-order valence-corrected chi connectivity index (χ3v) is 6.76. The molecule has 2 aliphatic rings. The lowest BCUT2D eigenvalue weighted by molar-refractivity contribution is 0.105. The Hall–Kier alpha value is -2.58. The smallest absolute Gasteiger partial charge is 0.194 e. The zero-order valence-electron chi connectivity index (χ0n) is 15.5. The number of nitrogens with zero attached hydrogens (tertiary/aromatic N) is 1. The molecule has 0 N–H and O–H groups in total. The molecule has 0 bridgehead atoms. The number of hydrogen-bond acceptors (Lipinski definition) is 5. The molecule has 29 heavy (non-hydrogen) atoms. The van der Waals surface area contributed by atoms with Gasteiger partial charge in [-0.25, -0.2) is 17.2 Å². The third-order valence-electron chi connectivity index (χ3n) is 5.15. The van der Waals surface area contributed by atoms with E-state index in [2.05, 4.69) is 0 Å². The minimum atomic E-state index is -2.91. The van der Waals surface area contributed by atoms with Crippen molar-refractivity contribution in [3.8, 4) is 5.75 Å². The maximum atomic E-state index is 14.1. The van der Waals surface area contributed by atoms with E-state index in [4.69, 9.17) is 4.74 Å². The van der Waals surface area contributed by atoms with E-state index in [1.165, 1.54) is 6.07 Å². The van der Waals surface area contributed by atoms with E-state index in [1.54, 1.807) is 24.3 Å². The molecule has 0 spiro atoms. The number of sulfone groups is 1. The van der Waals surface area contributed by atoms with Crippen LogP contribution in [0.25, 0.3) is 11.6 Å². The van der Waals surface area contributed by atoms with Gasteiger partial charge in [0.25, 0.3) is 0 Å². The monoisotopic (exact) mass is 419 g/mol. The van der Waals surface area contributed by atoms with Gasteiger partial charge in [0, 0.05) is 42.4 Å². The highest BCUT2D eigenvalue weighted by Gasteiger charge is 2.26. The van der Waals surface area contributed by atoms with Crippen LogP contribution in [0.2, 0.25) is 0 Å². The Morgan fingerprint density at radius 2 is 1.76 bits per heavy atom. The quantitative estimate of drug-likeness (QED) is 0.746. The van der Waals surface area contributed by atoms with Gasteiger partial charge in [-0.3, -0.25) is 9.69 Å². The van der Waals surface area contributed by atoms with E-state index in [0.717, 1.165) is 12.1 Å². The molecule has 1 aliphatic heterocycles. The van der Waals surface area contributed by atoms with Crippen LogP contribution in [0.1, 0.15) is 21.5 Å². The summed E-state index contributed by atoms with van der Waals surface area (Å²) in [7, 11) is -2.91. The van der Waals surface area contributed by atoms with Crippen LogP contribution in [0.3, 0.4) is 0 Å². The molecule has 1 fully saturated rings. The molecule has 8 heteroatoms. The van der Waals surface area contributed by atoms with Crippen molar-refractivity contribution >= 4 is 27.3 Å². The highest BCUT2D eigenvalue weighted by atomic mass is 32.2. The highest BCUT2D eigenvalue weighted by Crippen LogP contribution is 2.34. The Morgan fingerprint density at radius 3 is 2.48 bits per heavy atom. The Kier molecular flexibility index (Phi) is 5.23. The number of Topliss-reactive ketones (excluding diaryl/α,β-unsaturated/α-hetero) is 1. The van der Waals surface area contributed by atoms with Crippen LogP contribution in [0.15, 0.2) is 36.4 Å². The molecule has 0 saturated carbocycles. The van der Waals surface area contributed by atoms with Gasteiger partial charge in [-0.2, -0.15) is 0 Å². The molecular formula is C21H19F2NO4S. The number of hydrogen-bond donors (Lipinski definition) is 0. The Morgan fingerprint density at radius 1 is 1.00 bits per heavy atom. The highest BCUT2D eigenvalue weighted by molar-refractivity contribution is 7.91.